The van der Waals surface area contributed by atoms with E-state index in [1.807, 2.05) is 26.8 Å². The highest BCUT2D eigenvalue weighted by Crippen LogP contribution is 2.25. The van der Waals surface area contributed by atoms with Gasteiger partial charge in [-0.15, -0.1) is 0 Å². The van der Waals surface area contributed by atoms with E-state index < -0.39 is 0 Å². The molecule has 2 heterocycles. The van der Waals surface area contributed by atoms with Gasteiger partial charge in [0.2, 0.25) is 0 Å². The third-order valence-corrected chi connectivity index (χ3v) is 2.97. The third-order valence-electron chi connectivity index (χ3n) is 2.97. The van der Waals surface area contributed by atoms with Crippen LogP contribution in [0.1, 0.15) is 35.5 Å². The van der Waals surface area contributed by atoms with E-state index in [2.05, 4.69) is 20.5 Å². The van der Waals surface area contributed by atoms with Gasteiger partial charge in [0.1, 0.15) is 5.82 Å². The topological polar surface area (TPSA) is 50.7 Å². The van der Waals surface area contributed by atoms with Crippen molar-refractivity contribution in [3.8, 4) is 0 Å². The first-order chi connectivity index (χ1) is 9.13. The molecule has 19 heavy (non-hydrogen) atoms. The maximum absolute atomic E-state index is 13.9. The van der Waals surface area contributed by atoms with Gasteiger partial charge in [0.25, 0.3) is 0 Å². The fourth-order valence-corrected chi connectivity index (χ4v) is 2.07. The summed E-state index contributed by atoms with van der Waals surface area (Å²) < 4.78 is 13.9. The molecule has 0 fully saturated rings. The average molecular weight is 260 g/mol. The molecule has 100 valence electrons. The predicted octanol–water partition coefficient (Wildman–Crippen LogP) is 2.33. The quantitative estimate of drug-likeness (QED) is 0.916. The number of rotatable bonds is 4. The number of nitrogens with zero attached hydrogens (tertiary/aromatic N) is 3. The van der Waals surface area contributed by atoms with Crippen LogP contribution in [-0.4, -0.2) is 21.7 Å². The monoisotopic (exact) mass is 260 g/mol. The Labute approximate surface area is 112 Å². The zero-order chi connectivity index (χ0) is 13.8. The van der Waals surface area contributed by atoms with Gasteiger partial charge < -0.3 is 5.32 Å². The molecular formula is C14H17FN4. The number of aryl methyl sites for hydroxylation is 2. The Hall–Kier alpha value is -1.88. The molecule has 0 spiro atoms. The summed E-state index contributed by atoms with van der Waals surface area (Å²) in [4.78, 5) is 3.79. The number of hydrogen-bond acceptors (Lipinski definition) is 4. The van der Waals surface area contributed by atoms with Crippen molar-refractivity contribution in [1.82, 2.24) is 20.5 Å². The largest absolute Gasteiger partial charge is 0.306 e. The number of aromatic nitrogens is 3. The molecule has 0 aliphatic heterocycles. The normalized spacial score (nSPS) is 12.4. The second-order valence-electron chi connectivity index (χ2n) is 4.41. The van der Waals surface area contributed by atoms with E-state index >= 15 is 0 Å². The van der Waals surface area contributed by atoms with Crippen LogP contribution in [-0.2, 0) is 0 Å². The summed E-state index contributed by atoms with van der Waals surface area (Å²) in [5, 5.41) is 11.4. The van der Waals surface area contributed by atoms with Gasteiger partial charge in [-0.25, -0.2) is 4.39 Å². The molecule has 5 heteroatoms. The van der Waals surface area contributed by atoms with Crippen LogP contribution < -0.4 is 5.32 Å². The summed E-state index contributed by atoms with van der Waals surface area (Å²) in [6.45, 7) is 6.48. The Kier molecular flexibility index (Phi) is 4.16. The van der Waals surface area contributed by atoms with Crippen LogP contribution in [0.25, 0.3) is 0 Å². The Morgan fingerprint density at radius 1 is 1.26 bits per heavy atom. The summed E-state index contributed by atoms with van der Waals surface area (Å²) in [6, 6.07) is 3.40. The molecule has 0 aliphatic carbocycles. The van der Waals surface area contributed by atoms with Crippen molar-refractivity contribution in [3.63, 3.8) is 0 Å². The molecule has 0 saturated carbocycles. The lowest BCUT2D eigenvalue weighted by atomic mass is 9.98. The van der Waals surface area contributed by atoms with Crippen LogP contribution in [0.5, 0.6) is 0 Å². The first-order valence-corrected chi connectivity index (χ1v) is 6.27. The molecule has 0 radical (unpaired) electrons. The number of hydrogen-bond donors (Lipinski definition) is 1. The van der Waals surface area contributed by atoms with Crippen molar-refractivity contribution in [2.75, 3.05) is 6.54 Å². The minimum absolute atomic E-state index is 0.234. The molecule has 0 aromatic carbocycles. The molecule has 0 amide bonds. The Morgan fingerprint density at radius 2 is 2.05 bits per heavy atom. The average Bonchev–Trinajstić information content (AvgIpc) is 2.40. The molecule has 1 unspecified atom stereocenters. The smallest absolute Gasteiger partial charge is 0.146 e. The minimum atomic E-state index is -0.317. The Balaban J connectivity index is 2.51. The van der Waals surface area contributed by atoms with E-state index in [0.717, 1.165) is 23.5 Å². The van der Waals surface area contributed by atoms with E-state index in [0.29, 0.717) is 5.56 Å². The van der Waals surface area contributed by atoms with Crippen molar-refractivity contribution >= 4 is 0 Å². The fourth-order valence-electron chi connectivity index (χ4n) is 2.07. The van der Waals surface area contributed by atoms with E-state index in [1.54, 1.807) is 12.3 Å². The molecule has 0 aliphatic rings. The van der Waals surface area contributed by atoms with E-state index in [-0.39, 0.29) is 11.9 Å². The lowest BCUT2D eigenvalue weighted by Crippen LogP contribution is -2.24. The molecular weight excluding hydrogens is 243 g/mol. The van der Waals surface area contributed by atoms with Gasteiger partial charge in [-0.3, -0.25) is 4.98 Å². The van der Waals surface area contributed by atoms with Crippen molar-refractivity contribution < 1.29 is 4.39 Å². The van der Waals surface area contributed by atoms with Gasteiger partial charge >= 0.3 is 0 Å². The maximum Gasteiger partial charge on any atom is 0.146 e. The SMILES string of the molecule is CCNC(c1ccncc1F)c1cc(C)nnc1C. The molecule has 2 aromatic rings. The van der Waals surface area contributed by atoms with Gasteiger partial charge in [0.05, 0.1) is 23.6 Å². The van der Waals surface area contributed by atoms with Crippen LogP contribution >= 0.6 is 0 Å². The first kappa shape index (κ1) is 13.5. The van der Waals surface area contributed by atoms with Gasteiger partial charge in [-0.1, -0.05) is 6.92 Å². The van der Waals surface area contributed by atoms with Crippen molar-refractivity contribution in [2.45, 2.75) is 26.8 Å². The Morgan fingerprint density at radius 3 is 2.74 bits per heavy atom. The molecule has 2 aromatic heterocycles. The van der Waals surface area contributed by atoms with Gasteiger partial charge in [-0.2, -0.15) is 10.2 Å². The van der Waals surface area contributed by atoms with Crippen LogP contribution in [0.2, 0.25) is 0 Å². The molecule has 1 atom stereocenters. The van der Waals surface area contributed by atoms with Crippen LogP contribution in [0.15, 0.2) is 24.5 Å². The summed E-state index contributed by atoms with van der Waals surface area (Å²) in [7, 11) is 0. The van der Waals surface area contributed by atoms with Crippen LogP contribution in [0.3, 0.4) is 0 Å². The molecule has 1 N–H and O–H groups in total. The lowest BCUT2D eigenvalue weighted by molar-refractivity contribution is 0.551. The third kappa shape index (κ3) is 2.93. The number of pyridine rings is 1. The summed E-state index contributed by atoms with van der Waals surface area (Å²) >= 11 is 0. The molecule has 0 bridgehead atoms. The standard InChI is InChI=1S/C14H17FN4/c1-4-17-14(11-5-6-16-8-13(11)15)12-7-9(2)18-19-10(12)3/h5-8,14,17H,4H2,1-3H3. The van der Waals surface area contributed by atoms with Crippen LogP contribution in [0.4, 0.5) is 4.39 Å². The van der Waals surface area contributed by atoms with Crippen molar-refractivity contribution in [1.29, 1.82) is 0 Å². The second-order valence-corrected chi connectivity index (χ2v) is 4.41. The second kappa shape index (κ2) is 5.84. The Bertz CT molecular complexity index is 571. The number of halogens is 1. The van der Waals surface area contributed by atoms with Gasteiger partial charge in [0, 0.05) is 11.8 Å². The first-order valence-electron chi connectivity index (χ1n) is 6.27. The zero-order valence-electron chi connectivity index (χ0n) is 11.3. The summed E-state index contributed by atoms with van der Waals surface area (Å²) in [6.07, 6.45) is 2.83. The molecule has 4 nitrogen and oxygen atoms in total. The fraction of sp³-hybridized carbons (Fsp3) is 0.357. The molecule has 2 rings (SSSR count). The highest BCUT2D eigenvalue weighted by molar-refractivity contribution is 5.34. The number of nitrogens with one attached hydrogen (secondary N) is 1. The highest BCUT2D eigenvalue weighted by Gasteiger charge is 2.19. The maximum atomic E-state index is 13.9. The highest BCUT2D eigenvalue weighted by atomic mass is 19.1. The zero-order valence-corrected chi connectivity index (χ0v) is 11.3. The van der Waals surface area contributed by atoms with E-state index in [1.165, 1.54) is 6.20 Å². The molecule has 0 saturated heterocycles. The van der Waals surface area contributed by atoms with E-state index in [4.69, 9.17) is 0 Å². The van der Waals surface area contributed by atoms with Gasteiger partial charge in [0.15, 0.2) is 0 Å². The predicted molar refractivity (Wildman–Crippen MR) is 71.2 cm³/mol. The van der Waals surface area contributed by atoms with E-state index in [9.17, 15) is 4.39 Å². The van der Waals surface area contributed by atoms with Crippen molar-refractivity contribution in [3.05, 3.63) is 52.9 Å². The van der Waals surface area contributed by atoms with Crippen molar-refractivity contribution in [2.24, 2.45) is 0 Å². The van der Waals surface area contributed by atoms with Gasteiger partial charge in [-0.05, 0) is 38.1 Å². The lowest BCUT2D eigenvalue weighted by Gasteiger charge is -2.20. The minimum Gasteiger partial charge on any atom is -0.306 e. The summed E-state index contributed by atoms with van der Waals surface area (Å²) in [5.74, 6) is -0.317. The summed E-state index contributed by atoms with van der Waals surface area (Å²) in [5.41, 5.74) is 3.14. The van der Waals surface area contributed by atoms with Crippen LogP contribution in [0, 0.1) is 19.7 Å².